The number of benzene rings is 1. The van der Waals surface area contributed by atoms with Crippen molar-refractivity contribution in [1.82, 2.24) is 9.38 Å². The molecule has 2 nitrogen and oxygen atoms in total. The fraction of sp³-hybridized carbons (Fsp3) is 0.188. The molecule has 0 aliphatic carbocycles. The lowest BCUT2D eigenvalue weighted by atomic mass is 10.1. The van der Waals surface area contributed by atoms with E-state index in [4.69, 9.17) is 11.6 Å². The molecule has 3 rings (SSSR count). The first-order valence-corrected chi connectivity index (χ1v) is 7.68. The number of aromatic nitrogens is 2. The molecule has 0 aliphatic rings. The highest BCUT2D eigenvalue weighted by Crippen LogP contribution is 2.22. The number of hydrogen-bond acceptors (Lipinski definition) is 1. The van der Waals surface area contributed by atoms with Crippen molar-refractivity contribution >= 4 is 33.0 Å². The monoisotopic (exact) mass is 348 g/mol. The molecular formula is C16H14BrClN2. The third-order valence-corrected chi connectivity index (χ3v) is 4.16. The van der Waals surface area contributed by atoms with E-state index in [1.807, 2.05) is 18.3 Å². The van der Waals surface area contributed by atoms with Crippen molar-refractivity contribution in [3.8, 4) is 0 Å². The van der Waals surface area contributed by atoms with Crippen LogP contribution in [0.5, 0.6) is 0 Å². The van der Waals surface area contributed by atoms with E-state index in [1.54, 1.807) is 0 Å². The highest BCUT2D eigenvalue weighted by Gasteiger charge is 2.09. The molecule has 20 heavy (non-hydrogen) atoms. The molecular weight excluding hydrogens is 336 g/mol. The predicted octanol–water partition coefficient (Wildman–Crippen LogP) is 4.84. The van der Waals surface area contributed by atoms with Crippen LogP contribution in [0.15, 0.2) is 47.2 Å². The maximum Gasteiger partial charge on any atom is 0.132 e. The Bertz CT molecular complexity index is 764. The summed E-state index contributed by atoms with van der Waals surface area (Å²) in [6.45, 7) is 2.12. The molecule has 0 aliphatic heterocycles. The molecule has 0 fully saturated rings. The van der Waals surface area contributed by atoms with Crippen molar-refractivity contribution < 1.29 is 0 Å². The lowest BCUT2D eigenvalue weighted by Gasteiger charge is -2.03. The lowest BCUT2D eigenvalue weighted by Crippen LogP contribution is -1.98. The molecule has 2 heterocycles. The van der Waals surface area contributed by atoms with E-state index in [9.17, 15) is 0 Å². The summed E-state index contributed by atoms with van der Waals surface area (Å²) >= 11 is 9.58. The number of nitrogens with zero attached hydrogens (tertiary/aromatic N) is 2. The number of halogens is 2. The van der Waals surface area contributed by atoms with E-state index in [0.717, 1.165) is 33.8 Å². The maximum absolute atomic E-state index is 6.07. The third-order valence-electron chi connectivity index (χ3n) is 3.35. The number of aryl methyl sites for hydroxylation is 3. The molecule has 0 amide bonds. The molecule has 0 atom stereocenters. The van der Waals surface area contributed by atoms with Crippen molar-refractivity contribution in [2.45, 2.75) is 19.8 Å². The Labute approximate surface area is 131 Å². The topological polar surface area (TPSA) is 17.3 Å². The second-order valence-electron chi connectivity index (χ2n) is 4.91. The number of hydrogen-bond donors (Lipinski definition) is 0. The van der Waals surface area contributed by atoms with Crippen molar-refractivity contribution in [3.05, 3.63) is 69.2 Å². The van der Waals surface area contributed by atoms with Gasteiger partial charge in [-0.3, -0.25) is 0 Å². The van der Waals surface area contributed by atoms with Crippen LogP contribution in [0.2, 0.25) is 5.02 Å². The Balaban J connectivity index is 1.89. The maximum atomic E-state index is 6.07. The van der Waals surface area contributed by atoms with E-state index in [1.165, 1.54) is 11.1 Å². The zero-order valence-electron chi connectivity index (χ0n) is 11.1. The second-order valence-corrected chi connectivity index (χ2v) is 6.10. The summed E-state index contributed by atoms with van der Waals surface area (Å²) in [5, 5.41) is 0.721. The Morgan fingerprint density at radius 3 is 2.85 bits per heavy atom. The molecule has 4 heteroatoms. The highest BCUT2D eigenvalue weighted by atomic mass is 79.9. The minimum absolute atomic E-state index is 0.721. The molecule has 102 valence electrons. The SMILES string of the molecule is Cc1cccc(CCc2nc(Br)c3ccc(Cl)cn23)c1. The molecule has 0 N–H and O–H groups in total. The van der Waals surface area contributed by atoms with Gasteiger partial charge >= 0.3 is 0 Å². The average Bonchev–Trinajstić information content (AvgIpc) is 2.73. The number of pyridine rings is 1. The van der Waals surface area contributed by atoms with Gasteiger partial charge in [-0.2, -0.15) is 0 Å². The number of imidazole rings is 1. The van der Waals surface area contributed by atoms with Gasteiger partial charge in [0.2, 0.25) is 0 Å². The van der Waals surface area contributed by atoms with Gasteiger partial charge in [-0.1, -0.05) is 41.4 Å². The Morgan fingerprint density at radius 2 is 2.05 bits per heavy atom. The molecule has 1 aromatic carbocycles. The highest BCUT2D eigenvalue weighted by molar-refractivity contribution is 9.10. The largest absolute Gasteiger partial charge is 0.301 e. The first-order valence-electron chi connectivity index (χ1n) is 6.51. The van der Waals surface area contributed by atoms with Gasteiger partial charge in [0, 0.05) is 12.6 Å². The standard InChI is InChI=1S/C16H14BrClN2/c1-11-3-2-4-12(9-11)5-8-15-19-16(17)14-7-6-13(18)10-20(14)15/h2-4,6-7,9-10H,5,8H2,1H3. The van der Waals surface area contributed by atoms with Gasteiger partial charge in [0.1, 0.15) is 10.4 Å². The van der Waals surface area contributed by atoms with Crippen LogP contribution in [0.3, 0.4) is 0 Å². The molecule has 3 aromatic rings. The van der Waals surface area contributed by atoms with Crippen LogP contribution in [0, 0.1) is 6.92 Å². The summed E-state index contributed by atoms with van der Waals surface area (Å²) < 4.78 is 2.93. The first kappa shape index (κ1) is 13.7. The lowest BCUT2D eigenvalue weighted by molar-refractivity contribution is 0.851. The number of fused-ring (bicyclic) bond motifs is 1. The van der Waals surface area contributed by atoms with E-state index in [-0.39, 0.29) is 0 Å². The molecule has 0 saturated heterocycles. The van der Waals surface area contributed by atoms with E-state index in [0.29, 0.717) is 0 Å². The van der Waals surface area contributed by atoms with Crippen molar-refractivity contribution in [3.63, 3.8) is 0 Å². The van der Waals surface area contributed by atoms with Gasteiger partial charge in [0.15, 0.2) is 0 Å². The fourth-order valence-electron chi connectivity index (χ4n) is 2.38. The summed E-state index contributed by atoms with van der Waals surface area (Å²) in [4.78, 5) is 4.59. The van der Waals surface area contributed by atoms with Crippen molar-refractivity contribution in [2.24, 2.45) is 0 Å². The summed E-state index contributed by atoms with van der Waals surface area (Å²) in [6, 6.07) is 12.5. The average molecular weight is 350 g/mol. The minimum atomic E-state index is 0.721. The van der Waals surface area contributed by atoms with Gasteiger partial charge in [-0.15, -0.1) is 0 Å². The van der Waals surface area contributed by atoms with Crippen LogP contribution >= 0.6 is 27.5 Å². The van der Waals surface area contributed by atoms with E-state index >= 15 is 0 Å². The summed E-state index contributed by atoms with van der Waals surface area (Å²) in [5.74, 6) is 1.02. The zero-order valence-corrected chi connectivity index (χ0v) is 13.4. The van der Waals surface area contributed by atoms with Crippen LogP contribution in [0.1, 0.15) is 17.0 Å². The van der Waals surface area contributed by atoms with Crippen LogP contribution in [-0.2, 0) is 12.8 Å². The van der Waals surface area contributed by atoms with E-state index < -0.39 is 0 Å². The molecule has 0 saturated carbocycles. The third kappa shape index (κ3) is 2.74. The van der Waals surface area contributed by atoms with Crippen LogP contribution in [0.25, 0.3) is 5.52 Å². The van der Waals surface area contributed by atoms with Crippen LogP contribution < -0.4 is 0 Å². The fourth-order valence-corrected chi connectivity index (χ4v) is 3.07. The van der Waals surface area contributed by atoms with Crippen molar-refractivity contribution in [2.75, 3.05) is 0 Å². The Hall–Kier alpha value is -1.32. The normalized spacial score (nSPS) is 11.2. The van der Waals surface area contributed by atoms with Gasteiger partial charge in [0.25, 0.3) is 0 Å². The van der Waals surface area contributed by atoms with Crippen LogP contribution in [-0.4, -0.2) is 9.38 Å². The Morgan fingerprint density at radius 1 is 1.20 bits per heavy atom. The summed E-state index contributed by atoms with van der Waals surface area (Å²) in [6.07, 6.45) is 3.77. The van der Waals surface area contributed by atoms with Gasteiger partial charge in [-0.25, -0.2) is 4.98 Å². The molecule has 0 radical (unpaired) electrons. The Kier molecular flexibility index (Phi) is 3.81. The second kappa shape index (κ2) is 5.58. The quantitative estimate of drug-likeness (QED) is 0.661. The minimum Gasteiger partial charge on any atom is -0.301 e. The summed E-state index contributed by atoms with van der Waals surface area (Å²) in [5.41, 5.74) is 3.67. The van der Waals surface area contributed by atoms with Crippen LogP contribution in [0.4, 0.5) is 0 Å². The van der Waals surface area contributed by atoms with Gasteiger partial charge < -0.3 is 4.40 Å². The summed E-state index contributed by atoms with van der Waals surface area (Å²) in [7, 11) is 0. The van der Waals surface area contributed by atoms with Gasteiger partial charge in [0.05, 0.1) is 10.5 Å². The van der Waals surface area contributed by atoms with Crippen molar-refractivity contribution in [1.29, 1.82) is 0 Å². The molecule has 0 unspecified atom stereocenters. The molecule has 0 spiro atoms. The number of rotatable bonds is 3. The zero-order chi connectivity index (χ0) is 14.1. The van der Waals surface area contributed by atoms with E-state index in [2.05, 4.69) is 56.5 Å². The van der Waals surface area contributed by atoms with Gasteiger partial charge in [-0.05, 0) is 47.0 Å². The molecule has 2 aromatic heterocycles. The molecule has 0 bridgehead atoms. The smallest absolute Gasteiger partial charge is 0.132 e. The predicted molar refractivity (Wildman–Crippen MR) is 86.5 cm³/mol. The first-order chi connectivity index (χ1) is 9.63.